The van der Waals surface area contributed by atoms with Crippen LogP contribution >= 0.6 is 7.82 Å². The molecule has 0 atom stereocenters. The van der Waals surface area contributed by atoms with E-state index in [1.165, 1.54) is 0 Å². The van der Waals surface area contributed by atoms with Crippen molar-refractivity contribution >= 4 is 7.82 Å². The Kier molecular flexibility index (Phi) is 16.8. The Balaban J connectivity index is -0.000000105. The van der Waals surface area contributed by atoms with Gasteiger partial charge in [0.05, 0.1) is 0 Å². The van der Waals surface area contributed by atoms with Crippen LogP contribution in [0.1, 0.15) is 0 Å². The van der Waals surface area contributed by atoms with Gasteiger partial charge in [-0.15, -0.1) is 0 Å². The molecule has 0 aromatic rings. The average Bonchev–Trinajstić information content (AvgIpc) is 2.25. The lowest BCUT2D eigenvalue weighted by Gasteiger charge is -1.95. The summed E-state index contributed by atoms with van der Waals surface area (Å²) in [6.07, 6.45) is -13.2. The van der Waals surface area contributed by atoms with Gasteiger partial charge in [-0.05, 0) is 0 Å². The van der Waals surface area contributed by atoms with Gasteiger partial charge in [0.2, 0.25) is 0 Å². The number of hydrogen-bond donors (Lipinski definition) is 6. The summed E-state index contributed by atoms with van der Waals surface area (Å²) in [7, 11) is -4.64. The van der Waals surface area contributed by atoms with Crippen LogP contribution in [0.25, 0.3) is 0 Å². The smallest absolute Gasteiger partial charge is 0.387 e. The predicted octanol–water partition coefficient (Wildman–Crippen LogP) is 0.694. The molecule has 0 bridgehead atoms. The summed E-state index contributed by atoms with van der Waals surface area (Å²) in [6, 6.07) is 0. The quantitative estimate of drug-likeness (QED) is 0.261. The summed E-state index contributed by atoms with van der Waals surface area (Å²) in [4.78, 5) is 21.6. The number of halogens is 9. The zero-order chi connectivity index (χ0) is 20.1. The van der Waals surface area contributed by atoms with Gasteiger partial charge in [-0.3, -0.25) is 0 Å². The maximum Gasteiger partial charge on any atom is 0.466 e. The van der Waals surface area contributed by atoms with Crippen molar-refractivity contribution in [3.63, 3.8) is 0 Å². The topological polar surface area (TPSA) is 138 Å². The van der Waals surface area contributed by atoms with Gasteiger partial charge in [0.25, 0.3) is 0 Å². The maximum atomic E-state index is 10.5. The molecule has 0 aliphatic rings. The SMILES string of the molecule is O=P(O)(O)O.OCC(F)(F)F.OCC(F)(F)F.OCC(F)(F)F. The van der Waals surface area contributed by atoms with E-state index in [-0.39, 0.29) is 0 Å². The van der Waals surface area contributed by atoms with E-state index in [1.807, 2.05) is 0 Å². The van der Waals surface area contributed by atoms with E-state index in [4.69, 9.17) is 34.6 Å². The zero-order valence-corrected chi connectivity index (χ0v) is 11.5. The second-order valence-corrected chi connectivity index (χ2v) is 3.86. The highest BCUT2D eigenvalue weighted by molar-refractivity contribution is 7.45. The van der Waals surface area contributed by atoms with E-state index in [0.29, 0.717) is 0 Å². The lowest BCUT2D eigenvalue weighted by atomic mass is 10.7. The highest BCUT2D eigenvalue weighted by Gasteiger charge is 2.25. The molecule has 0 spiro atoms. The third kappa shape index (κ3) is 115. The largest absolute Gasteiger partial charge is 0.466 e. The van der Waals surface area contributed by atoms with Crippen molar-refractivity contribution < 1.29 is 74.1 Å². The molecule has 0 heterocycles. The van der Waals surface area contributed by atoms with Crippen molar-refractivity contribution in [3.05, 3.63) is 0 Å². The standard InChI is InChI=1S/3C2H3F3O.H3O4P/c3*3-2(4,5)1-6;1-5(2,3)4/h3*6H,1H2;(H3,1,2,3,4). The molecule has 7 nitrogen and oxygen atoms in total. The van der Waals surface area contributed by atoms with E-state index in [1.54, 1.807) is 0 Å². The molecule has 0 aliphatic heterocycles. The number of rotatable bonds is 0. The molecule has 0 amide bonds. The van der Waals surface area contributed by atoms with E-state index >= 15 is 0 Å². The molecule has 0 aromatic heterocycles. The first-order valence-electron chi connectivity index (χ1n) is 4.49. The minimum atomic E-state index is -4.64. The molecule has 0 saturated carbocycles. The van der Waals surface area contributed by atoms with Crippen LogP contribution in [0.2, 0.25) is 0 Å². The Morgan fingerprint density at radius 1 is 0.565 bits per heavy atom. The Morgan fingerprint density at radius 2 is 0.609 bits per heavy atom. The molecule has 0 fully saturated rings. The molecule has 0 aliphatic carbocycles. The fourth-order valence-corrected chi connectivity index (χ4v) is 0. The minimum absolute atomic E-state index is 1.73. The van der Waals surface area contributed by atoms with Crippen molar-refractivity contribution in [1.29, 1.82) is 0 Å². The predicted molar refractivity (Wildman–Crippen MR) is 53.7 cm³/mol. The first-order valence-corrected chi connectivity index (χ1v) is 6.06. The van der Waals surface area contributed by atoms with Crippen LogP contribution < -0.4 is 0 Å². The Bertz CT molecular complexity index is 265. The molecule has 146 valence electrons. The lowest BCUT2D eigenvalue weighted by Crippen LogP contribution is -2.12. The van der Waals surface area contributed by atoms with Crippen LogP contribution in [-0.4, -0.2) is 68.3 Å². The molecule has 23 heavy (non-hydrogen) atoms. The van der Waals surface area contributed by atoms with Crippen LogP contribution in [0, 0.1) is 0 Å². The van der Waals surface area contributed by atoms with Crippen molar-refractivity contribution in [2.45, 2.75) is 18.5 Å². The number of aliphatic hydroxyl groups is 3. The Labute approximate surface area is 121 Å². The second-order valence-electron chi connectivity index (χ2n) is 2.83. The molecule has 0 saturated heterocycles. The van der Waals surface area contributed by atoms with Crippen LogP contribution in [0.5, 0.6) is 0 Å². The third-order valence-electron chi connectivity index (χ3n) is 0.538. The number of aliphatic hydroxyl groups excluding tert-OH is 3. The monoisotopic (exact) mass is 398 g/mol. The van der Waals surface area contributed by atoms with E-state index in [9.17, 15) is 39.5 Å². The highest BCUT2D eigenvalue weighted by Crippen LogP contribution is 2.25. The molecule has 0 radical (unpaired) electrons. The number of phosphoric acid groups is 1. The van der Waals surface area contributed by atoms with Crippen molar-refractivity contribution in [2.24, 2.45) is 0 Å². The summed E-state index contributed by atoms with van der Waals surface area (Å²) >= 11 is 0. The number of hydrogen-bond acceptors (Lipinski definition) is 4. The molecule has 0 rings (SSSR count). The van der Waals surface area contributed by atoms with Crippen LogP contribution in [0.15, 0.2) is 0 Å². The van der Waals surface area contributed by atoms with E-state index in [0.717, 1.165) is 0 Å². The summed E-state index contributed by atoms with van der Waals surface area (Å²) < 4.78 is 104. The van der Waals surface area contributed by atoms with Gasteiger partial charge in [0.1, 0.15) is 19.8 Å². The first kappa shape index (κ1) is 30.3. The van der Waals surface area contributed by atoms with Crippen LogP contribution in [-0.2, 0) is 4.57 Å². The van der Waals surface area contributed by atoms with Crippen molar-refractivity contribution in [1.82, 2.24) is 0 Å². The summed E-state index contributed by atoms with van der Waals surface area (Å²) in [5.41, 5.74) is 0. The van der Waals surface area contributed by atoms with E-state index in [2.05, 4.69) is 0 Å². The molecule has 0 aromatic carbocycles. The Hall–Kier alpha value is -0.640. The van der Waals surface area contributed by atoms with Crippen LogP contribution in [0.4, 0.5) is 39.5 Å². The van der Waals surface area contributed by atoms with Gasteiger partial charge < -0.3 is 30.0 Å². The highest BCUT2D eigenvalue weighted by atomic mass is 31.2. The maximum absolute atomic E-state index is 10.5. The van der Waals surface area contributed by atoms with Crippen LogP contribution in [0.3, 0.4) is 0 Å². The third-order valence-corrected chi connectivity index (χ3v) is 0.538. The molecule has 0 unspecified atom stereocenters. The van der Waals surface area contributed by atoms with Gasteiger partial charge in [-0.2, -0.15) is 39.5 Å². The lowest BCUT2D eigenvalue weighted by molar-refractivity contribution is -0.160. The zero-order valence-electron chi connectivity index (χ0n) is 10.6. The van der Waals surface area contributed by atoms with E-state index < -0.39 is 46.2 Å². The van der Waals surface area contributed by atoms with Gasteiger partial charge >= 0.3 is 26.4 Å². The molecule has 17 heteroatoms. The van der Waals surface area contributed by atoms with Gasteiger partial charge in [-0.1, -0.05) is 0 Å². The van der Waals surface area contributed by atoms with Gasteiger partial charge in [0, 0.05) is 0 Å². The normalized spacial score (nSPS) is 12.0. The summed E-state index contributed by atoms with van der Waals surface area (Å²) in [5.74, 6) is 0. The number of alkyl halides is 9. The second kappa shape index (κ2) is 12.7. The first-order chi connectivity index (χ1) is 9.68. The molecule has 6 N–H and O–H groups in total. The summed E-state index contributed by atoms with van der Waals surface area (Å²) in [6.45, 7) is -5.19. The Morgan fingerprint density at radius 3 is 0.609 bits per heavy atom. The van der Waals surface area contributed by atoms with Gasteiger partial charge in [-0.25, -0.2) is 4.57 Å². The summed E-state index contributed by atoms with van der Waals surface area (Å²) in [5, 5.41) is 21.8. The molecular formula is C6H12F9O7P. The van der Waals surface area contributed by atoms with Gasteiger partial charge in [0.15, 0.2) is 0 Å². The van der Waals surface area contributed by atoms with Crippen molar-refractivity contribution in [3.8, 4) is 0 Å². The fraction of sp³-hybridized carbons (Fsp3) is 1.00. The average molecular weight is 398 g/mol. The van der Waals surface area contributed by atoms with Crippen molar-refractivity contribution in [2.75, 3.05) is 19.8 Å². The minimum Gasteiger partial charge on any atom is -0.387 e. The fourth-order valence-electron chi connectivity index (χ4n) is 0. The molecular weight excluding hydrogens is 386 g/mol.